The Bertz CT molecular complexity index is 2100. The SMILES string of the molecule is CC/C=C\C/C=C\C/C=C\CCCCCCCCCC(=O)OCC(COP(=O)(O)OCC(O)COP(=O)(O)OCC(COC(=O)CCCCCCCCC/C=C\C/C=C\C/C=C\CC)OC(=O)CCCCCCCCCCCCCCCCC)OC(=O)CCCCCCCCCCCCCCCCC. The van der Waals surface area contributed by atoms with Crippen LogP contribution in [0.4, 0.5) is 0 Å². The lowest BCUT2D eigenvalue weighted by Crippen LogP contribution is -2.30. The number of hydrogen-bond acceptors (Lipinski definition) is 15. The van der Waals surface area contributed by atoms with Crippen molar-refractivity contribution in [1.82, 2.24) is 0 Å². The van der Waals surface area contributed by atoms with E-state index in [1.807, 2.05) is 0 Å². The standard InChI is InChI=1S/C85H154O17P2/c1-5-9-13-17-21-25-29-33-37-39-43-45-49-53-57-61-65-69-82(87)95-75-80(101-84(89)71-67-63-59-55-51-47-41-35-31-27-23-19-15-11-7-3)77-99-103(91,92)97-73-79(86)74-98-104(93,94)100-78-81(102-85(90)72-68-64-60-56-52-48-42-36-32-28-24-20-16-12-8-4)76-96-83(88)70-66-62-58-54-50-46-44-40-38-34-30-26-22-18-14-10-6-2/h9-10,13-14,21-22,25-26,33-34,37-38,79-81,86H,5-8,11-12,15-20,23-24,27-32,35-36,39-78H2,1-4H3,(H,91,92)(H,93,94)/b13-9-,14-10-,25-21-,26-22-,37-33-,38-34-. The minimum absolute atomic E-state index is 0.0991. The van der Waals surface area contributed by atoms with Crippen molar-refractivity contribution in [2.45, 2.75) is 406 Å². The molecule has 3 N–H and O–H groups in total. The van der Waals surface area contributed by atoms with Gasteiger partial charge in [0.15, 0.2) is 12.2 Å². The zero-order valence-electron chi connectivity index (χ0n) is 66.5. The Morgan fingerprint density at radius 3 is 0.769 bits per heavy atom. The molecule has 0 fully saturated rings. The fraction of sp³-hybridized carbons (Fsp3) is 0.812. The van der Waals surface area contributed by atoms with Crippen LogP contribution in [0.3, 0.4) is 0 Å². The first-order chi connectivity index (χ1) is 50.7. The number of allylic oxidation sites excluding steroid dienone is 12. The summed E-state index contributed by atoms with van der Waals surface area (Å²) in [5.41, 5.74) is 0. The first-order valence-electron chi connectivity index (χ1n) is 42.2. The third-order valence-electron chi connectivity index (χ3n) is 18.2. The van der Waals surface area contributed by atoms with Gasteiger partial charge in [-0.3, -0.25) is 37.3 Å². The summed E-state index contributed by atoms with van der Waals surface area (Å²) in [6, 6.07) is 0. The van der Waals surface area contributed by atoms with Crippen molar-refractivity contribution in [3.63, 3.8) is 0 Å². The number of phosphoric acid groups is 2. The van der Waals surface area contributed by atoms with E-state index < -0.39 is 97.5 Å². The van der Waals surface area contributed by atoms with Gasteiger partial charge >= 0.3 is 39.5 Å². The molecule has 19 heteroatoms. The number of aliphatic hydroxyl groups excluding tert-OH is 1. The summed E-state index contributed by atoms with van der Waals surface area (Å²) >= 11 is 0. The smallest absolute Gasteiger partial charge is 0.462 e. The van der Waals surface area contributed by atoms with Crippen LogP contribution in [0.25, 0.3) is 0 Å². The molecular weight excluding hydrogens is 1350 g/mol. The van der Waals surface area contributed by atoms with Crippen LogP contribution in [-0.2, 0) is 65.4 Å². The van der Waals surface area contributed by atoms with E-state index in [0.29, 0.717) is 25.7 Å². The van der Waals surface area contributed by atoms with Crippen LogP contribution in [0, 0.1) is 0 Å². The molecule has 0 aliphatic rings. The number of ether oxygens (including phenoxy) is 4. The van der Waals surface area contributed by atoms with E-state index in [-0.39, 0.29) is 25.7 Å². The van der Waals surface area contributed by atoms with E-state index in [1.165, 1.54) is 128 Å². The van der Waals surface area contributed by atoms with E-state index in [4.69, 9.17) is 37.0 Å². The van der Waals surface area contributed by atoms with Gasteiger partial charge in [-0.2, -0.15) is 0 Å². The average Bonchev–Trinajstić information content (AvgIpc) is 0.937. The zero-order valence-corrected chi connectivity index (χ0v) is 68.2. The summed E-state index contributed by atoms with van der Waals surface area (Å²) in [4.78, 5) is 73.2. The lowest BCUT2D eigenvalue weighted by atomic mass is 10.0. The molecule has 0 aromatic rings. The Balaban J connectivity index is 5.33. The molecule has 0 aliphatic carbocycles. The monoisotopic (exact) mass is 1510 g/mol. The molecule has 0 aromatic heterocycles. The van der Waals surface area contributed by atoms with Crippen LogP contribution in [0.5, 0.6) is 0 Å². The zero-order chi connectivity index (χ0) is 76.0. The van der Waals surface area contributed by atoms with Crippen LogP contribution in [0.1, 0.15) is 387 Å². The van der Waals surface area contributed by atoms with Gasteiger partial charge in [-0.1, -0.05) is 345 Å². The molecule has 0 bridgehead atoms. The van der Waals surface area contributed by atoms with Crippen molar-refractivity contribution in [2.75, 3.05) is 39.6 Å². The Labute approximate surface area is 634 Å². The van der Waals surface area contributed by atoms with E-state index in [9.17, 15) is 43.2 Å². The second-order valence-corrected chi connectivity index (χ2v) is 31.3. The van der Waals surface area contributed by atoms with Crippen LogP contribution in [0.2, 0.25) is 0 Å². The summed E-state index contributed by atoms with van der Waals surface area (Å²) in [5.74, 6) is -2.15. The van der Waals surface area contributed by atoms with Gasteiger partial charge in [-0.15, -0.1) is 0 Å². The van der Waals surface area contributed by atoms with Gasteiger partial charge in [0.05, 0.1) is 26.4 Å². The molecule has 104 heavy (non-hydrogen) atoms. The largest absolute Gasteiger partial charge is 0.472 e. The molecule has 0 heterocycles. The predicted molar refractivity (Wildman–Crippen MR) is 427 cm³/mol. The lowest BCUT2D eigenvalue weighted by molar-refractivity contribution is -0.161. The van der Waals surface area contributed by atoms with Crippen LogP contribution in [-0.4, -0.2) is 96.7 Å². The fourth-order valence-corrected chi connectivity index (χ4v) is 13.4. The number of rotatable bonds is 80. The van der Waals surface area contributed by atoms with E-state index in [0.717, 1.165) is 180 Å². The van der Waals surface area contributed by atoms with Gasteiger partial charge in [0.2, 0.25) is 0 Å². The fourth-order valence-electron chi connectivity index (χ4n) is 11.8. The highest BCUT2D eigenvalue weighted by atomic mass is 31.2. The third kappa shape index (κ3) is 76.7. The predicted octanol–water partition coefficient (Wildman–Crippen LogP) is 24.8. The maximum absolute atomic E-state index is 13.1. The van der Waals surface area contributed by atoms with Crippen molar-refractivity contribution in [3.05, 3.63) is 72.9 Å². The highest BCUT2D eigenvalue weighted by molar-refractivity contribution is 7.47. The van der Waals surface area contributed by atoms with Crippen LogP contribution < -0.4 is 0 Å². The second kappa shape index (κ2) is 77.7. The topological polar surface area (TPSA) is 237 Å². The first-order valence-corrected chi connectivity index (χ1v) is 45.2. The molecule has 0 spiro atoms. The Morgan fingerprint density at radius 2 is 0.500 bits per heavy atom. The molecule has 0 aromatic carbocycles. The van der Waals surface area contributed by atoms with Crippen molar-refractivity contribution in [1.29, 1.82) is 0 Å². The summed E-state index contributed by atoms with van der Waals surface area (Å²) in [6.45, 7) is 4.74. The maximum Gasteiger partial charge on any atom is 0.472 e. The summed E-state index contributed by atoms with van der Waals surface area (Å²) in [7, 11) is -9.95. The molecule has 0 aliphatic heterocycles. The molecular formula is C85H154O17P2. The second-order valence-electron chi connectivity index (χ2n) is 28.4. The van der Waals surface area contributed by atoms with Crippen molar-refractivity contribution >= 4 is 39.5 Å². The Hall–Kier alpha value is -3.50. The molecule has 4 atom stereocenters. The maximum atomic E-state index is 13.1. The highest BCUT2D eigenvalue weighted by Gasteiger charge is 2.30. The average molecular weight is 1510 g/mol. The van der Waals surface area contributed by atoms with Crippen molar-refractivity contribution < 1.29 is 80.2 Å². The summed E-state index contributed by atoms with van der Waals surface area (Å²) < 4.78 is 68.8. The molecule has 17 nitrogen and oxygen atoms in total. The van der Waals surface area contributed by atoms with E-state index >= 15 is 0 Å². The number of aliphatic hydroxyl groups is 1. The van der Waals surface area contributed by atoms with Crippen molar-refractivity contribution in [2.24, 2.45) is 0 Å². The molecule has 0 amide bonds. The quantitative estimate of drug-likeness (QED) is 0.0169. The Kier molecular flexibility index (Phi) is 75.0. The van der Waals surface area contributed by atoms with Gasteiger partial charge in [0.1, 0.15) is 19.3 Å². The summed E-state index contributed by atoms with van der Waals surface area (Å²) in [6.07, 6.45) is 80.0. The van der Waals surface area contributed by atoms with Crippen LogP contribution >= 0.6 is 15.6 Å². The van der Waals surface area contributed by atoms with Gasteiger partial charge in [-0.05, 0) is 89.9 Å². The molecule has 0 rings (SSSR count). The van der Waals surface area contributed by atoms with Gasteiger partial charge in [-0.25, -0.2) is 9.13 Å². The van der Waals surface area contributed by atoms with Crippen LogP contribution in [0.15, 0.2) is 72.9 Å². The molecule has 0 saturated heterocycles. The molecule has 606 valence electrons. The molecule has 0 saturated carbocycles. The highest BCUT2D eigenvalue weighted by Crippen LogP contribution is 2.45. The molecule has 4 unspecified atom stereocenters. The van der Waals surface area contributed by atoms with E-state index in [1.54, 1.807) is 0 Å². The number of hydrogen-bond donors (Lipinski definition) is 3. The van der Waals surface area contributed by atoms with Gasteiger partial charge in [0, 0.05) is 25.7 Å². The normalized spacial score (nSPS) is 14.2. The number of carbonyl (C=O) groups excluding carboxylic acids is 4. The lowest BCUT2D eigenvalue weighted by Gasteiger charge is -2.21. The molecule has 0 radical (unpaired) electrons. The van der Waals surface area contributed by atoms with Gasteiger partial charge in [0.25, 0.3) is 0 Å². The number of phosphoric ester groups is 2. The number of carbonyl (C=O) groups is 4. The van der Waals surface area contributed by atoms with Crippen molar-refractivity contribution in [3.8, 4) is 0 Å². The summed E-state index contributed by atoms with van der Waals surface area (Å²) in [5, 5.41) is 10.7. The number of unbranched alkanes of at least 4 members (excludes halogenated alkanes) is 42. The minimum atomic E-state index is -4.97. The third-order valence-corrected chi connectivity index (χ3v) is 20.1. The Morgan fingerprint density at radius 1 is 0.279 bits per heavy atom. The first kappa shape index (κ1) is 100. The van der Waals surface area contributed by atoms with Gasteiger partial charge < -0.3 is 33.8 Å². The van der Waals surface area contributed by atoms with E-state index in [2.05, 4.69) is 101 Å². The number of esters is 4. The minimum Gasteiger partial charge on any atom is -0.462 e.